The van der Waals surface area contributed by atoms with E-state index in [2.05, 4.69) is 5.43 Å². The second-order valence-corrected chi connectivity index (χ2v) is 5.47. The summed E-state index contributed by atoms with van der Waals surface area (Å²) in [5.41, 5.74) is 9.42. The summed E-state index contributed by atoms with van der Waals surface area (Å²) >= 11 is 1.36. The standard InChI is InChI=1S/C15H17N3O2S/c1-20-12-9-11(16)7-8-13(12)21-14(15(19)18-17)10-5-3-2-4-6-10/h2-9,14H,16-17H2,1H3,(H,18,19). The third kappa shape index (κ3) is 3.68. The van der Waals surface area contributed by atoms with Gasteiger partial charge in [0, 0.05) is 11.8 Å². The van der Waals surface area contributed by atoms with Gasteiger partial charge in [-0.15, -0.1) is 11.8 Å². The largest absolute Gasteiger partial charge is 0.496 e. The van der Waals surface area contributed by atoms with E-state index in [9.17, 15) is 4.79 Å². The van der Waals surface area contributed by atoms with E-state index in [-0.39, 0.29) is 5.91 Å². The van der Waals surface area contributed by atoms with Crippen LogP contribution in [0.3, 0.4) is 0 Å². The molecule has 1 atom stereocenters. The molecule has 0 radical (unpaired) electrons. The summed E-state index contributed by atoms with van der Waals surface area (Å²) in [6.45, 7) is 0. The summed E-state index contributed by atoms with van der Waals surface area (Å²) in [6, 6.07) is 14.8. The van der Waals surface area contributed by atoms with E-state index < -0.39 is 5.25 Å². The molecule has 2 aromatic carbocycles. The SMILES string of the molecule is COc1cc(N)ccc1SC(C(=O)NN)c1ccccc1. The maximum absolute atomic E-state index is 12.1. The summed E-state index contributed by atoms with van der Waals surface area (Å²) < 4.78 is 5.31. The second-order valence-electron chi connectivity index (χ2n) is 4.33. The van der Waals surface area contributed by atoms with Crippen LogP contribution in [0.15, 0.2) is 53.4 Å². The number of thioether (sulfide) groups is 1. The van der Waals surface area contributed by atoms with Crippen LogP contribution >= 0.6 is 11.8 Å². The zero-order valence-corrected chi connectivity index (χ0v) is 12.4. The fourth-order valence-corrected chi connectivity index (χ4v) is 3.01. The number of hydrogen-bond acceptors (Lipinski definition) is 5. The number of hydrazine groups is 1. The smallest absolute Gasteiger partial charge is 0.251 e. The summed E-state index contributed by atoms with van der Waals surface area (Å²) in [7, 11) is 1.57. The maximum atomic E-state index is 12.1. The summed E-state index contributed by atoms with van der Waals surface area (Å²) in [6.07, 6.45) is 0. The normalized spacial score (nSPS) is 11.7. The van der Waals surface area contributed by atoms with Gasteiger partial charge in [-0.05, 0) is 17.7 Å². The average Bonchev–Trinajstić information content (AvgIpc) is 2.53. The lowest BCUT2D eigenvalue weighted by Crippen LogP contribution is -2.33. The number of rotatable bonds is 5. The Balaban J connectivity index is 2.34. The number of nitrogens with two attached hydrogens (primary N) is 2. The highest BCUT2D eigenvalue weighted by molar-refractivity contribution is 8.00. The number of carbonyl (C=O) groups is 1. The zero-order chi connectivity index (χ0) is 15.2. The lowest BCUT2D eigenvalue weighted by atomic mass is 10.1. The van der Waals surface area contributed by atoms with Gasteiger partial charge in [-0.3, -0.25) is 10.2 Å². The Labute approximate surface area is 127 Å². The van der Waals surface area contributed by atoms with Crippen molar-refractivity contribution in [3.8, 4) is 5.75 Å². The molecule has 6 heteroatoms. The van der Waals surface area contributed by atoms with E-state index >= 15 is 0 Å². The number of hydrogen-bond donors (Lipinski definition) is 3. The van der Waals surface area contributed by atoms with E-state index in [4.69, 9.17) is 16.3 Å². The number of anilines is 1. The molecule has 1 amide bonds. The van der Waals surface area contributed by atoms with Crippen LogP contribution in [0.1, 0.15) is 10.8 Å². The van der Waals surface area contributed by atoms with Gasteiger partial charge in [-0.25, -0.2) is 5.84 Å². The van der Waals surface area contributed by atoms with Crippen molar-refractivity contribution in [3.05, 3.63) is 54.1 Å². The third-order valence-corrected chi connectivity index (χ3v) is 4.23. The van der Waals surface area contributed by atoms with Crippen LogP contribution in [-0.2, 0) is 4.79 Å². The van der Waals surface area contributed by atoms with Crippen LogP contribution in [0.25, 0.3) is 0 Å². The monoisotopic (exact) mass is 303 g/mol. The number of methoxy groups -OCH3 is 1. The second kappa shape index (κ2) is 7.01. The number of amides is 1. The summed E-state index contributed by atoms with van der Waals surface area (Å²) in [4.78, 5) is 12.9. The average molecular weight is 303 g/mol. The summed E-state index contributed by atoms with van der Waals surface area (Å²) in [5, 5.41) is -0.464. The van der Waals surface area contributed by atoms with Crippen LogP contribution in [0, 0.1) is 0 Å². The van der Waals surface area contributed by atoms with E-state index in [1.807, 2.05) is 36.4 Å². The van der Waals surface area contributed by atoms with Gasteiger partial charge in [0.1, 0.15) is 11.0 Å². The van der Waals surface area contributed by atoms with Gasteiger partial charge >= 0.3 is 0 Å². The summed E-state index contributed by atoms with van der Waals surface area (Å²) in [5.74, 6) is 5.65. The molecule has 0 spiro atoms. The molecule has 0 saturated heterocycles. The Morgan fingerprint density at radius 2 is 1.95 bits per heavy atom. The van der Waals surface area contributed by atoms with Gasteiger partial charge in [0.15, 0.2) is 0 Å². The third-order valence-electron chi connectivity index (χ3n) is 2.92. The van der Waals surface area contributed by atoms with Gasteiger partial charge in [0.25, 0.3) is 5.91 Å². The fourth-order valence-electron chi connectivity index (χ4n) is 1.88. The van der Waals surface area contributed by atoms with Gasteiger partial charge in [-0.1, -0.05) is 30.3 Å². The molecule has 5 nitrogen and oxygen atoms in total. The van der Waals surface area contributed by atoms with Crippen molar-refractivity contribution in [3.63, 3.8) is 0 Å². The minimum absolute atomic E-state index is 0.273. The molecular weight excluding hydrogens is 286 g/mol. The highest BCUT2D eigenvalue weighted by atomic mass is 32.2. The van der Waals surface area contributed by atoms with Crippen molar-refractivity contribution < 1.29 is 9.53 Å². The van der Waals surface area contributed by atoms with Crippen LogP contribution in [0.5, 0.6) is 5.75 Å². The molecule has 0 fully saturated rings. The quantitative estimate of drug-likeness (QED) is 0.259. The molecule has 1 unspecified atom stereocenters. The van der Waals surface area contributed by atoms with Crippen molar-refractivity contribution in [1.29, 1.82) is 0 Å². The van der Waals surface area contributed by atoms with E-state index in [1.165, 1.54) is 11.8 Å². The van der Waals surface area contributed by atoms with E-state index in [0.29, 0.717) is 11.4 Å². The van der Waals surface area contributed by atoms with Gasteiger partial charge < -0.3 is 10.5 Å². The minimum atomic E-state index is -0.464. The van der Waals surface area contributed by atoms with Crippen molar-refractivity contribution in [1.82, 2.24) is 5.43 Å². The Morgan fingerprint density at radius 1 is 1.24 bits per heavy atom. The van der Waals surface area contributed by atoms with Crippen LogP contribution in [-0.4, -0.2) is 13.0 Å². The first-order valence-corrected chi connectivity index (χ1v) is 7.19. The molecule has 0 heterocycles. The van der Waals surface area contributed by atoms with Crippen molar-refractivity contribution in [2.75, 3.05) is 12.8 Å². The molecule has 2 aromatic rings. The number of nitrogen functional groups attached to an aromatic ring is 1. The Hall–Kier alpha value is -2.18. The Morgan fingerprint density at radius 3 is 2.57 bits per heavy atom. The van der Waals surface area contributed by atoms with Crippen molar-refractivity contribution >= 4 is 23.4 Å². The molecule has 0 aliphatic carbocycles. The van der Waals surface area contributed by atoms with E-state index in [1.54, 1.807) is 19.2 Å². The minimum Gasteiger partial charge on any atom is -0.496 e. The first-order chi connectivity index (χ1) is 10.2. The topological polar surface area (TPSA) is 90.4 Å². The van der Waals surface area contributed by atoms with Crippen LogP contribution < -0.4 is 21.7 Å². The molecule has 0 saturated carbocycles. The molecule has 110 valence electrons. The predicted molar refractivity (Wildman–Crippen MR) is 84.8 cm³/mol. The molecule has 2 rings (SSSR count). The maximum Gasteiger partial charge on any atom is 0.251 e. The molecule has 0 aliphatic rings. The van der Waals surface area contributed by atoms with Crippen LogP contribution in [0.4, 0.5) is 5.69 Å². The first kappa shape index (κ1) is 15.2. The number of benzene rings is 2. The molecular formula is C15H17N3O2S. The highest BCUT2D eigenvalue weighted by Gasteiger charge is 2.22. The molecule has 5 N–H and O–H groups in total. The van der Waals surface area contributed by atoms with Gasteiger partial charge in [-0.2, -0.15) is 0 Å². The fraction of sp³-hybridized carbons (Fsp3) is 0.133. The lowest BCUT2D eigenvalue weighted by Gasteiger charge is -2.17. The number of carbonyl (C=O) groups excluding carboxylic acids is 1. The van der Waals surface area contributed by atoms with Crippen LogP contribution in [0.2, 0.25) is 0 Å². The molecule has 0 aliphatic heterocycles. The van der Waals surface area contributed by atoms with Crippen molar-refractivity contribution in [2.45, 2.75) is 10.1 Å². The lowest BCUT2D eigenvalue weighted by molar-refractivity contribution is -0.120. The first-order valence-electron chi connectivity index (χ1n) is 6.31. The van der Waals surface area contributed by atoms with Gasteiger partial charge in [0.05, 0.1) is 12.0 Å². The molecule has 21 heavy (non-hydrogen) atoms. The zero-order valence-electron chi connectivity index (χ0n) is 11.6. The predicted octanol–water partition coefficient (Wildman–Crippen LogP) is 2.10. The van der Waals surface area contributed by atoms with E-state index in [0.717, 1.165) is 10.5 Å². The number of ether oxygens (including phenoxy) is 1. The highest BCUT2D eigenvalue weighted by Crippen LogP contribution is 2.40. The Bertz CT molecular complexity index is 620. The van der Waals surface area contributed by atoms with Gasteiger partial charge in [0.2, 0.25) is 0 Å². The molecule has 0 aromatic heterocycles. The Kier molecular flexibility index (Phi) is 5.08. The number of nitrogens with one attached hydrogen (secondary N) is 1. The van der Waals surface area contributed by atoms with Crippen molar-refractivity contribution in [2.24, 2.45) is 5.84 Å². The molecule has 0 bridgehead atoms.